The molecule has 2 atom stereocenters. The Morgan fingerprint density at radius 2 is 2.04 bits per heavy atom. The van der Waals surface area contributed by atoms with Crippen LogP contribution in [0.25, 0.3) is 0 Å². The van der Waals surface area contributed by atoms with Gasteiger partial charge in [-0.1, -0.05) is 12.1 Å². The fraction of sp³-hybridized carbons (Fsp3) is 0.421. The second kappa shape index (κ2) is 7.02. The molecule has 142 valence electrons. The fourth-order valence-corrected chi connectivity index (χ4v) is 3.79. The number of carbonyl (C=O) groups excluding carboxylic acids is 1. The number of hydrogen-bond acceptors (Lipinski definition) is 6. The standard InChI is InChI=1S/C19H22FN5O2/c1-12-9-17(23-18(21)22-12)24-10-15-16(11-24)27-19(26)25(15)8-2-3-13-4-6-14(20)7-5-13/h4-7,9,15-16H,2-3,8,10-11H2,1H3,(H2,21,22,23)/t15-,16+/m0/s1. The minimum Gasteiger partial charge on any atom is -0.442 e. The average molecular weight is 371 g/mol. The molecule has 2 aromatic rings. The summed E-state index contributed by atoms with van der Waals surface area (Å²) in [6.45, 7) is 3.74. The van der Waals surface area contributed by atoms with E-state index in [1.165, 1.54) is 12.1 Å². The maximum absolute atomic E-state index is 13.0. The molecule has 4 rings (SSSR count). The molecular weight excluding hydrogens is 349 g/mol. The Balaban J connectivity index is 1.38. The number of halogens is 1. The van der Waals surface area contributed by atoms with Gasteiger partial charge in [-0.25, -0.2) is 14.2 Å². The van der Waals surface area contributed by atoms with Crippen molar-refractivity contribution in [2.24, 2.45) is 0 Å². The molecule has 1 aromatic heterocycles. The van der Waals surface area contributed by atoms with Crippen LogP contribution >= 0.6 is 0 Å². The molecule has 2 aliphatic heterocycles. The van der Waals surface area contributed by atoms with Crippen LogP contribution in [-0.4, -0.2) is 52.7 Å². The molecule has 0 bridgehead atoms. The summed E-state index contributed by atoms with van der Waals surface area (Å²) in [7, 11) is 0. The Morgan fingerprint density at radius 3 is 2.78 bits per heavy atom. The van der Waals surface area contributed by atoms with Crippen LogP contribution in [-0.2, 0) is 11.2 Å². The molecule has 27 heavy (non-hydrogen) atoms. The Hall–Kier alpha value is -2.90. The van der Waals surface area contributed by atoms with E-state index in [0.717, 1.165) is 29.9 Å². The summed E-state index contributed by atoms with van der Waals surface area (Å²) in [4.78, 5) is 24.5. The zero-order valence-corrected chi connectivity index (χ0v) is 15.1. The lowest BCUT2D eigenvalue weighted by Crippen LogP contribution is -2.39. The maximum Gasteiger partial charge on any atom is 0.410 e. The number of aryl methyl sites for hydroxylation is 2. The van der Waals surface area contributed by atoms with Crippen molar-refractivity contribution < 1.29 is 13.9 Å². The number of anilines is 2. The highest BCUT2D eigenvalue weighted by Crippen LogP contribution is 2.30. The topological polar surface area (TPSA) is 84.6 Å². The number of rotatable bonds is 5. The summed E-state index contributed by atoms with van der Waals surface area (Å²) in [5.74, 6) is 0.767. The van der Waals surface area contributed by atoms with E-state index in [0.29, 0.717) is 19.6 Å². The highest BCUT2D eigenvalue weighted by molar-refractivity contribution is 5.71. The minimum atomic E-state index is -0.262. The summed E-state index contributed by atoms with van der Waals surface area (Å²) < 4.78 is 18.5. The van der Waals surface area contributed by atoms with Crippen LogP contribution in [0.1, 0.15) is 17.7 Å². The zero-order chi connectivity index (χ0) is 19.0. The first kappa shape index (κ1) is 17.5. The van der Waals surface area contributed by atoms with E-state index in [4.69, 9.17) is 10.5 Å². The van der Waals surface area contributed by atoms with Crippen LogP contribution in [0.4, 0.5) is 21.0 Å². The van der Waals surface area contributed by atoms with Gasteiger partial charge in [-0.05, 0) is 37.5 Å². The van der Waals surface area contributed by atoms with Gasteiger partial charge in [0.25, 0.3) is 0 Å². The SMILES string of the molecule is Cc1cc(N2C[C@H]3OC(=O)N(CCCc4ccc(F)cc4)[C@H]3C2)nc(N)n1. The van der Waals surface area contributed by atoms with Crippen LogP contribution in [0, 0.1) is 12.7 Å². The summed E-state index contributed by atoms with van der Waals surface area (Å²) in [5.41, 5.74) is 7.62. The van der Waals surface area contributed by atoms with Gasteiger partial charge in [0.15, 0.2) is 0 Å². The largest absolute Gasteiger partial charge is 0.442 e. The molecule has 0 aliphatic carbocycles. The molecule has 1 aromatic carbocycles. The quantitative estimate of drug-likeness (QED) is 0.867. The van der Waals surface area contributed by atoms with Crippen LogP contribution in [0.15, 0.2) is 30.3 Å². The number of amides is 1. The minimum absolute atomic E-state index is 0.00205. The van der Waals surface area contributed by atoms with Gasteiger partial charge in [-0.15, -0.1) is 0 Å². The number of ether oxygens (including phenoxy) is 1. The lowest BCUT2D eigenvalue weighted by atomic mass is 10.1. The predicted molar refractivity (Wildman–Crippen MR) is 98.9 cm³/mol. The third-order valence-electron chi connectivity index (χ3n) is 5.08. The van der Waals surface area contributed by atoms with Crippen molar-refractivity contribution in [2.75, 3.05) is 30.3 Å². The van der Waals surface area contributed by atoms with Gasteiger partial charge in [0, 0.05) is 24.8 Å². The van der Waals surface area contributed by atoms with Gasteiger partial charge < -0.3 is 15.4 Å². The van der Waals surface area contributed by atoms with Crippen molar-refractivity contribution in [1.82, 2.24) is 14.9 Å². The first-order valence-corrected chi connectivity index (χ1v) is 9.07. The number of nitrogens with two attached hydrogens (primary N) is 1. The molecule has 3 heterocycles. The molecule has 2 fully saturated rings. The predicted octanol–water partition coefficient (Wildman–Crippen LogP) is 2.15. The van der Waals surface area contributed by atoms with E-state index in [1.807, 2.05) is 13.0 Å². The van der Waals surface area contributed by atoms with E-state index in [2.05, 4.69) is 14.9 Å². The lowest BCUT2D eigenvalue weighted by Gasteiger charge is -2.23. The van der Waals surface area contributed by atoms with Crippen LogP contribution in [0.3, 0.4) is 0 Å². The number of carbonyl (C=O) groups is 1. The Bertz CT molecular complexity index is 824. The number of nitrogen functional groups attached to an aromatic ring is 1. The van der Waals surface area contributed by atoms with Crippen molar-refractivity contribution >= 4 is 17.9 Å². The molecule has 7 nitrogen and oxygen atoms in total. The van der Waals surface area contributed by atoms with Gasteiger partial charge in [-0.2, -0.15) is 4.98 Å². The normalized spacial score (nSPS) is 21.5. The summed E-state index contributed by atoms with van der Waals surface area (Å²) >= 11 is 0. The first-order chi connectivity index (χ1) is 13.0. The number of benzene rings is 1. The Kier molecular flexibility index (Phi) is 4.55. The highest BCUT2D eigenvalue weighted by Gasteiger charge is 2.47. The van der Waals surface area contributed by atoms with Crippen LogP contribution in [0.5, 0.6) is 0 Å². The molecule has 2 aliphatic rings. The molecule has 0 unspecified atom stereocenters. The summed E-state index contributed by atoms with van der Waals surface area (Å²) in [6, 6.07) is 8.36. The maximum atomic E-state index is 13.0. The number of hydrogen-bond donors (Lipinski definition) is 1. The number of fused-ring (bicyclic) bond motifs is 1. The zero-order valence-electron chi connectivity index (χ0n) is 15.1. The monoisotopic (exact) mass is 371 g/mol. The lowest BCUT2D eigenvalue weighted by molar-refractivity contribution is 0.135. The smallest absolute Gasteiger partial charge is 0.410 e. The fourth-order valence-electron chi connectivity index (χ4n) is 3.79. The van der Waals surface area contributed by atoms with Crippen molar-refractivity contribution in [3.05, 3.63) is 47.4 Å². The molecule has 8 heteroatoms. The van der Waals surface area contributed by atoms with Crippen molar-refractivity contribution in [3.63, 3.8) is 0 Å². The van der Waals surface area contributed by atoms with Crippen molar-refractivity contribution in [2.45, 2.75) is 31.9 Å². The van der Waals surface area contributed by atoms with Gasteiger partial charge in [0.05, 0.1) is 12.6 Å². The van der Waals surface area contributed by atoms with E-state index >= 15 is 0 Å². The molecule has 2 saturated heterocycles. The Morgan fingerprint density at radius 1 is 1.26 bits per heavy atom. The van der Waals surface area contributed by atoms with E-state index < -0.39 is 0 Å². The second-order valence-corrected chi connectivity index (χ2v) is 7.04. The molecular formula is C19H22FN5O2. The first-order valence-electron chi connectivity index (χ1n) is 9.07. The molecule has 0 spiro atoms. The molecule has 0 saturated carbocycles. The number of aromatic nitrogens is 2. The van der Waals surface area contributed by atoms with Gasteiger partial charge in [-0.3, -0.25) is 4.90 Å². The van der Waals surface area contributed by atoms with Crippen molar-refractivity contribution in [3.8, 4) is 0 Å². The molecule has 1 amide bonds. The third-order valence-corrected chi connectivity index (χ3v) is 5.08. The van der Waals surface area contributed by atoms with Crippen molar-refractivity contribution in [1.29, 1.82) is 0 Å². The van der Waals surface area contributed by atoms with Crippen LogP contribution < -0.4 is 10.6 Å². The van der Waals surface area contributed by atoms with Gasteiger partial charge in [0.2, 0.25) is 5.95 Å². The second-order valence-electron chi connectivity index (χ2n) is 7.04. The Labute approximate surface area is 157 Å². The highest BCUT2D eigenvalue weighted by atomic mass is 19.1. The molecule has 0 radical (unpaired) electrons. The van der Waals surface area contributed by atoms with Gasteiger partial charge >= 0.3 is 6.09 Å². The summed E-state index contributed by atoms with van der Waals surface area (Å²) in [6.07, 6.45) is 1.15. The van der Waals surface area contributed by atoms with E-state index in [1.54, 1.807) is 17.0 Å². The third kappa shape index (κ3) is 3.65. The van der Waals surface area contributed by atoms with Gasteiger partial charge in [0.1, 0.15) is 17.7 Å². The van der Waals surface area contributed by atoms with E-state index in [9.17, 15) is 9.18 Å². The molecule has 2 N–H and O–H groups in total. The average Bonchev–Trinajstić information content (AvgIpc) is 3.14. The summed E-state index contributed by atoms with van der Waals surface area (Å²) in [5, 5.41) is 0. The van der Waals surface area contributed by atoms with E-state index in [-0.39, 0.29) is 30.0 Å². The number of nitrogens with zero attached hydrogens (tertiary/aromatic N) is 4. The van der Waals surface area contributed by atoms with Crippen LogP contribution in [0.2, 0.25) is 0 Å².